The van der Waals surface area contributed by atoms with Crippen molar-refractivity contribution in [3.8, 4) is 11.5 Å². The van der Waals surface area contributed by atoms with Gasteiger partial charge in [0.1, 0.15) is 0 Å². The van der Waals surface area contributed by atoms with Gasteiger partial charge in [0.2, 0.25) is 11.8 Å². The molecule has 1 aromatic carbocycles. The zero-order chi connectivity index (χ0) is 20.6. The average molecular weight is 401 g/mol. The summed E-state index contributed by atoms with van der Waals surface area (Å²) in [5.41, 5.74) is 0.615. The predicted molar refractivity (Wildman–Crippen MR) is 110 cm³/mol. The Kier molecular flexibility index (Phi) is 5.21. The first-order chi connectivity index (χ1) is 13.9. The molecule has 0 heterocycles. The van der Waals surface area contributed by atoms with Gasteiger partial charge < -0.3 is 20.1 Å². The highest BCUT2D eigenvalue weighted by Gasteiger charge is 2.60. The number of ether oxygens (including phenoxy) is 2. The lowest BCUT2D eigenvalue weighted by Crippen LogP contribution is -2.65. The second-order valence-electron chi connectivity index (χ2n) is 9.40. The third kappa shape index (κ3) is 3.81. The van der Waals surface area contributed by atoms with Crippen LogP contribution < -0.4 is 20.1 Å². The molecule has 6 nitrogen and oxygen atoms in total. The molecule has 4 saturated carbocycles. The van der Waals surface area contributed by atoms with Crippen LogP contribution in [0.3, 0.4) is 0 Å². The summed E-state index contributed by atoms with van der Waals surface area (Å²) in [6.07, 6.45) is 6.73. The molecule has 2 N–H and O–H groups in total. The Labute approximate surface area is 172 Å². The van der Waals surface area contributed by atoms with Crippen molar-refractivity contribution < 1.29 is 19.1 Å². The predicted octanol–water partition coefficient (Wildman–Crippen LogP) is 2.84. The van der Waals surface area contributed by atoms with E-state index in [1.54, 1.807) is 21.1 Å². The zero-order valence-corrected chi connectivity index (χ0v) is 17.7. The first-order valence-corrected chi connectivity index (χ1v) is 10.6. The first-order valence-electron chi connectivity index (χ1n) is 10.6. The number of carbonyl (C=O) groups is 2. The minimum absolute atomic E-state index is 0.0240. The molecule has 4 bridgehead atoms. The summed E-state index contributed by atoms with van der Waals surface area (Å²) < 4.78 is 10.6. The van der Waals surface area contributed by atoms with Gasteiger partial charge in [0.15, 0.2) is 11.5 Å². The quantitative estimate of drug-likeness (QED) is 0.738. The van der Waals surface area contributed by atoms with Gasteiger partial charge in [-0.2, -0.15) is 0 Å². The summed E-state index contributed by atoms with van der Waals surface area (Å²) in [6, 6.07) is 5.86. The van der Waals surface area contributed by atoms with E-state index in [0.29, 0.717) is 29.9 Å². The molecule has 2 atom stereocenters. The molecule has 5 rings (SSSR count). The minimum atomic E-state index is -0.315. The molecule has 158 valence electrons. The number of carbonyl (C=O) groups excluding carboxylic acids is 2. The van der Waals surface area contributed by atoms with Crippen molar-refractivity contribution >= 4 is 11.8 Å². The molecule has 4 aliphatic carbocycles. The van der Waals surface area contributed by atoms with Crippen molar-refractivity contribution in [2.24, 2.45) is 17.3 Å². The Morgan fingerprint density at radius 2 is 1.76 bits per heavy atom. The molecule has 0 radical (unpaired) electrons. The van der Waals surface area contributed by atoms with Gasteiger partial charge in [-0.1, -0.05) is 6.07 Å². The third-order valence-electron chi connectivity index (χ3n) is 7.13. The van der Waals surface area contributed by atoms with Gasteiger partial charge in [-0.15, -0.1) is 0 Å². The lowest BCUT2D eigenvalue weighted by atomic mass is 9.46. The van der Waals surface area contributed by atoms with Crippen molar-refractivity contribution in [2.75, 3.05) is 20.8 Å². The van der Waals surface area contributed by atoms with Crippen LogP contribution in [-0.4, -0.2) is 38.1 Å². The van der Waals surface area contributed by atoms with Gasteiger partial charge >= 0.3 is 0 Å². The van der Waals surface area contributed by atoms with E-state index in [4.69, 9.17) is 9.47 Å². The molecule has 0 spiro atoms. The summed E-state index contributed by atoms with van der Waals surface area (Å²) in [6.45, 7) is 2.19. The summed E-state index contributed by atoms with van der Waals surface area (Å²) in [7, 11) is 3.25. The van der Waals surface area contributed by atoms with E-state index in [2.05, 4.69) is 10.6 Å². The Morgan fingerprint density at radius 3 is 2.38 bits per heavy atom. The third-order valence-corrected chi connectivity index (χ3v) is 7.13. The summed E-state index contributed by atoms with van der Waals surface area (Å²) >= 11 is 0. The van der Waals surface area contributed by atoms with Gasteiger partial charge in [0.25, 0.3) is 0 Å². The second kappa shape index (κ2) is 7.54. The molecule has 4 aliphatic rings. The molecule has 29 heavy (non-hydrogen) atoms. The highest BCUT2D eigenvalue weighted by Crippen LogP contribution is 2.61. The molecule has 0 aliphatic heterocycles. The topological polar surface area (TPSA) is 76.7 Å². The Balaban J connectivity index is 1.40. The molecule has 0 unspecified atom stereocenters. The van der Waals surface area contributed by atoms with Gasteiger partial charge in [-0.3, -0.25) is 9.59 Å². The maximum Gasteiger partial charge on any atom is 0.226 e. The number of nitrogens with one attached hydrogen (secondary N) is 2. The van der Waals surface area contributed by atoms with E-state index in [-0.39, 0.29) is 22.8 Å². The van der Waals surface area contributed by atoms with Crippen molar-refractivity contribution in [3.63, 3.8) is 0 Å². The number of hydrogen-bond donors (Lipinski definition) is 2. The van der Waals surface area contributed by atoms with Crippen LogP contribution in [0.15, 0.2) is 18.2 Å². The minimum Gasteiger partial charge on any atom is -0.493 e. The van der Waals surface area contributed by atoms with E-state index in [0.717, 1.165) is 44.1 Å². The number of methoxy groups -OCH3 is 2. The van der Waals surface area contributed by atoms with Crippen molar-refractivity contribution in [2.45, 2.75) is 57.4 Å². The van der Waals surface area contributed by atoms with Crippen LogP contribution in [0.5, 0.6) is 11.5 Å². The van der Waals surface area contributed by atoms with E-state index >= 15 is 0 Å². The van der Waals surface area contributed by atoms with Crippen LogP contribution in [0.1, 0.15) is 51.0 Å². The van der Waals surface area contributed by atoms with Crippen LogP contribution in [0.25, 0.3) is 0 Å². The monoisotopic (exact) mass is 400 g/mol. The standard InChI is InChI=1S/C23H32N2O4/c1-15(26)25-23-12-17-8-18(13-23)11-22(10-17,14-23)21(27)24-7-6-16-4-5-19(28-2)20(9-16)29-3/h4-5,9,17-18H,6-8,10-14H2,1-3H3,(H,24,27)(H,25,26)/t17-,18-,22?,23?/m1/s1. The first kappa shape index (κ1) is 20.0. The molecule has 0 saturated heterocycles. The van der Waals surface area contributed by atoms with Gasteiger partial charge in [-0.25, -0.2) is 0 Å². The molecule has 1 aromatic rings. The normalized spacial score (nSPS) is 32.0. The fourth-order valence-corrected chi connectivity index (χ4v) is 6.59. The number of amides is 2. The zero-order valence-electron chi connectivity index (χ0n) is 17.7. The van der Waals surface area contributed by atoms with Gasteiger partial charge in [0, 0.05) is 19.0 Å². The largest absolute Gasteiger partial charge is 0.493 e. The molecular weight excluding hydrogens is 368 g/mol. The van der Waals surface area contributed by atoms with Crippen LogP contribution in [-0.2, 0) is 16.0 Å². The lowest BCUT2D eigenvalue weighted by Gasteiger charge is -2.61. The smallest absolute Gasteiger partial charge is 0.226 e. The Morgan fingerprint density at radius 1 is 1.07 bits per heavy atom. The second-order valence-corrected chi connectivity index (χ2v) is 9.40. The van der Waals surface area contributed by atoms with E-state index in [1.165, 1.54) is 6.42 Å². The molecule has 6 heteroatoms. The van der Waals surface area contributed by atoms with Crippen molar-refractivity contribution in [3.05, 3.63) is 23.8 Å². The van der Waals surface area contributed by atoms with Gasteiger partial charge in [0.05, 0.1) is 19.6 Å². The average Bonchev–Trinajstić information content (AvgIpc) is 2.65. The van der Waals surface area contributed by atoms with Crippen molar-refractivity contribution in [1.29, 1.82) is 0 Å². The summed E-state index contributed by atoms with van der Waals surface area (Å²) in [5.74, 6) is 2.71. The SMILES string of the molecule is COc1ccc(CCNC(=O)C23C[C@H]4C[C@@H](CC(NC(C)=O)(C4)C2)C3)cc1OC. The fraction of sp³-hybridized carbons (Fsp3) is 0.652. The van der Waals surface area contributed by atoms with Crippen LogP contribution >= 0.6 is 0 Å². The van der Waals surface area contributed by atoms with E-state index in [1.807, 2.05) is 18.2 Å². The van der Waals surface area contributed by atoms with Gasteiger partial charge in [-0.05, 0) is 74.5 Å². The molecule has 2 amide bonds. The highest BCUT2D eigenvalue weighted by molar-refractivity contribution is 5.84. The summed E-state index contributed by atoms with van der Waals surface area (Å²) in [4.78, 5) is 25.1. The molecular formula is C23H32N2O4. The van der Waals surface area contributed by atoms with Crippen molar-refractivity contribution in [1.82, 2.24) is 10.6 Å². The lowest BCUT2D eigenvalue weighted by molar-refractivity contribution is -0.153. The molecule has 0 aromatic heterocycles. The highest BCUT2D eigenvalue weighted by atomic mass is 16.5. The Bertz CT molecular complexity index is 792. The number of rotatable bonds is 7. The van der Waals surface area contributed by atoms with Crippen LogP contribution in [0, 0.1) is 17.3 Å². The maximum atomic E-state index is 13.3. The van der Waals surface area contributed by atoms with E-state index in [9.17, 15) is 9.59 Å². The number of hydrogen-bond acceptors (Lipinski definition) is 4. The number of benzene rings is 1. The maximum absolute atomic E-state index is 13.3. The Hall–Kier alpha value is -2.24. The molecule has 4 fully saturated rings. The van der Waals surface area contributed by atoms with E-state index < -0.39 is 0 Å². The van der Waals surface area contributed by atoms with Crippen LogP contribution in [0.2, 0.25) is 0 Å². The fourth-order valence-electron chi connectivity index (χ4n) is 6.59. The summed E-state index contributed by atoms with van der Waals surface area (Å²) in [5, 5.41) is 6.43. The van der Waals surface area contributed by atoms with Crippen LogP contribution in [0.4, 0.5) is 0 Å².